The van der Waals surface area contributed by atoms with Gasteiger partial charge in [0.1, 0.15) is 24.0 Å². The summed E-state index contributed by atoms with van der Waals surface area (Å²) in [6.07, 6.45) is -4.64. The van der Waals surface area contributed by atoms with Crippen molar-refractivity contribution in [3.63, 3.8) is 0 Å². The zero-order valence-corrected chi connectivity index (χ0v) is 12.5. The van der Waals surface area contributed by atoms with Crippen LogP contribution < -0.4 is 15.6 Å². The molecule has 0 radical (unpaired) electrons. The maximum Gasteiger partial charge on any atom is 0.471 e. The Morgan fingerprint density at radius 2 is 2.28 bits per heavy atom. The second-order valence-corrected chi connectivity index (χ2v) is 5.34. The van der Waals surface area contributed by atoms with Gasteiger partial charge in [0.15, 0.2) is 0 Å². The number of hydrogen-bond donors (Lipinski definition) is 2. The highest BCUT2D eigenvalue weighted by Gasteiger charge is 2.43. The third kappa shape index (κ3) is 3.45. The number of alkyl halides is 3. The fourth-order valence-electron chi connectivity index (χ4n) is 2.49. The van der Waals surface area contributed by atoms with Crippen LogP contribution >= 0.6 is 0 Å². The van der Waals surface area contributed by atoms with Gasteiger partial charge in [-0.2, -0.15) is 18.2 Å². The summed E-state index contributed by atoms with van der Waals surface area (Å²) in [7, 11) is 0. The Morgan fingerprint density at radius 1 is 1.52 bits per heavy atom. The Bertz CT molecular complexity index is 811. The molecule has 1 aromatic rings. The van der Waals surface area contributed by atoms with E-state index in [0.29, 0.717) is 6.42 Å². The number of aliphatic hydroxyl groups excluding tert-OH is 1. The first-order valence-corrected chi connectivity index (χ1v) is 7.19. The van der Waals surface area contributed by atoms with Gasteiger partial charge in [-0.3, -0.25) is 14.2 Å². The summed E-state index contributed by atoms with van der Waals surface area (Å²) in [6.45, 7) is -0.823. The molecule has 2 aliphatic rings. The monoisotopic (exact) mass is 359 g/mol. The normalized spacial score (nSPS) is 23.9. The zero-order chi connectivity index (χ0) is 18.2. The summed E-state index contributed by atoms with van der Waals surface area (Å²) in [5.41, 5.74) is -0.800. The van der Waals surface area contributed by atoms with Crippen LogP contribution in [0.3, 0.4) is 0 Å². The van der Waals surface area contributed by atoms with E-state index in [9.17, 15) is 27.9 Å². The Labute approximate surface area is 138 Å². The van der Waals surface area contributed by atoms with Crippen LogP contribution in [0, 0.1) is 11.8 Å². The molecule has 8 nitrogen and oxygen atoms in total. The van der Waals surface area contributed by atoms with Gasteiger partial charge in [0.2, 0.25) is 0 Å². The molecule has 2 N–H and O–H groups in total. The van der Waals surface area contributed by atoms with Gasteiger partial charge in [-0.15, -0.1) is 0 Å². The summed E-state index contributed by atoms with van der Waals surface area (Å²) < 4.78 is 48.6. The van der Waals surface area contributed by atoms with Gasteiger partial charge in [0.25, 0.3) is 5.56 Å². The van der Waals surface area contributed by atoms with Gasteiger partial charge in [-0.25, -0.2) is 0 Å². The Balaban J connectivity index is 1.75. The lowest BCUT2D eigenvalue weighted by molar-refractivity contribution is -0.173. The average molecular weight is 359 g/mol. The van der Waals surface area contributed by atoms with Crippen molar-refractivity contribution in [2.45, 2.75) is 31.0 Å². The largest absolute Gasteiger partial charge is 0.471 e. The minimum Gasteiger partial charge on any atom is -0.458 e. The molecule has 3 heterocycles. The van der Waals surface area contributed by atoms with Crippen molar-refractivity contribution in [1.29, 1.82) is 0 Å². The second-order valence-electron chi connectivity index (χ2n) is 5.34. The van der Waals surface area contributed by atoms with Crippen molar-refractivity contribution in [3.05, 3.63) is 22.1 Å². The van der Waals surface area contributed by atoms with Gasteiger partial charge in [0.05, 0.1) is 13.2 Å². The highest BCUT2D eigenvalue weighted by atomic mass is 19.4. The lowest BCUT2D eigenvalue weighted by Gasteiger charge is -2.23. The number of amides is 1. The highest BCUT2D eigenvalue weighted by Crippen LogP contribution is 2.37. The number of aromatic nitrogens is 2. The summed E-state index contributed by atoms with van der Waals surface area (Å²) in [5.74, 6) is 2.51. The minimum absolute atomic E-state index is 0.0260. The lowest BCUT2D eigenvalue weighted by Crippen LogP contribution is -2.36. The van der Waals surface area contributed by atoms with Crippen molar-refractivity contribution in [3.8, 4) is 17.9 Å². The smallest absolute Gasteiger partial charge is 0.458 e. The number of fused-ring (bicyclic) bond motifs is 4. The fraction of sp³-hybridized carbons (Fsp3) is 0.500. The van der Waals surface area contributed by atoms with Crippen LogP contribution in [-0.2, 0) is 9.53 Å². The number of carbonyl (C=O) groups excluding carboxylic acids is 1. The van der Waals surface area contributed by atoms with Crippen LogP contribution in [0.15, 0.2) is 11.0 Å². The SMILES string of the molecule is O=C(NCC#Cc1cn2c(nc1=O)OC1C[C@H]2O[C@@H]1CO)C(F)(F)F. The van der Waals surface area contributed by atoms with E-state index in [1.165, 1.54) is 10.8 Å². The molecule has 1 unspecified atom stereocenters. The number of hydrogen-bond acceptors (Lipinski definition) is 6. The molecule has 25 heavy (non-hydrogen) atoms. The van der Waals surface area contributed by atoms with Crippen molar-refractivity contribution < 1.29 is 32.5 Å². The molecule has 3 rings (SSSR count). The van der Waals surface area contributed by atoms with E-state index in [1.54, 1.807) is 5.32 Å². The molecule has 1 aromatic heterocycles. The van der Waals surface area contributed by atoms with Gasteiger partial charge < -0.3 is 19.9 Å². The van der Waals surface area contributed by atoms with E-state index in [-0.39, 0.29) is 18.2 Å². The van der Waals surface area contributed by atoms with Gasteiger partial charge in [-0.05, 0) is 0 Å². The molecule has 0 aliphatic carbocycles. The molecule has 11 heteroatoms. The minimum atomic E-state index is -4.99. The molecule has 1 amide bonds. The average Bonchev–Trinajstić information content (AvgIpc) is 2.88. The standard InChI is InChI=1S/C14H12F3N3O5/c15-14(16,17)12(23)18-3-1-2-7-5-20-10-4-8(9(6-21)24-10)25-13(20)19-11(7)22/h5,8-10,21H,3-4,6H2,(H,18,23)/t8?,9-,10-/m1/s1. The highest BCUT2D eigenvalue weighted by molar-refractivity contribution is 5.81. The van der Waals surface area contributed by atoms with Crippen LogP contribution in [0.25, 0.3) is 0 Å². The van der Waals surface area contributed by atoms with E-state index in [0.717, 1.165) is 0 Å². The molecule has 2 aliphatic heterocycles. The Hall–Kier alpha value is -2.58. The number of nitrogens with zero attached hydrogens (tertiary/aromatic N) is 2. The maximum absolute atomic E-state index is 12.0. The van der Waals surface area contributed by atoms with Gasteiger partial charge >= 0.3 is 18.1 Å². The summed E-state index contributed by atoms with van der Waals surface area (Å²) in [4.78, 5) is 26.3. The third-order valence-electron chi connectivity index (χ3n) is 3.66. The van der Waals surface area contributed by atoms with Crippen molar-refractivity contribution >= 4 is 5.91 Å². The number of carbonyl (C=O) groups is 1. The summed E-state index contributed by atoms with van der Waals surface area (Å²) in [5, 5.41) is 10.8. The quantitative estimate of drug-likeness (QED) is 0.678. The van der Waals surface area contributed by atoms with Gasteiger partial charge in [-0.1, -0.05) is 11.8 Å². The van der Waals surface area contributed by atoms with Crippen LogP contribution in [0.1, 0.15) is 18.2 Å². The molecule has 1 saturated heterocycles. The van der Waals surface area contributed by atoms with E-state index in [2.05, 4.69) is 16.8 Å². The Kier molecular flexibility index (Phi) is 4.40. The number of nitrogens with one attached hydrogen (secondary N) is 1. The molecule has 0 aromatic carbocycles. The number of ether oxygens (including phenoxy) is 2. The first-order chi connectivity index (χ1) is 11.8. The van der Waals surface area contributed by atoms with E-state index in [4.69, 9.17) is 9.47 Å². The van der Waals surface area contributed by atoms with E-state index in [1.807, 2.05) is 0 Å². The molecule has 0 saturated carbocycles. The third-order valence-corrected chi connectivity index (χ3v) is 3.66. The predicted molar refractivity (Wildman–Crippen MR) is 74.5 cm³/mol. The lowest BCUT2D eigenvalue weighted by atomic mass is 10.1. The Morgan fingerprint density at radius 3 is 2.96 bits per heavy atom. The zero-order valence-electron chi connectivity index (χ0n) is 12.5. The maximum atomic E-state index is 12.0. The van der Waals surface area contributed by atoms with Crippen LogP contribution in [0.2, 0.25) is 0 Å². The van der Waals surface area contributed by atoms with Crippen LogP contribution in [0.4, 0.5) is 13.2 Å². The van der Waals surface area contributed by atoms with Crippen molar-refractivity contribution in [2.75, 3.05) is 13.2 Å². The van der Waals surface area contributed by atoms with E-state index < -0.39 is 42.6 Å². The van der Waals surface area contributed by atoms with Crippen molar-refractivity contribution in [1.82, 2.24) is 14.9 Å². The van der Waals surface area contributed by atoms with Gasteiger partial charge in [0, 0.05) is 12.6 Å². The predicted octanol–water partition coefficient (Wildman–Crippen LogP) is -0.686. The molecular weight excluding hydrogens is 347 g/mol. The number of halogens is 3. The van der Waals surface area contributed by atoms with Crippen molar-refractivity contribution in [2.24, 2.45) is 0 Å². The molecule has 134 valence electrons. The number of rotatable bonds is 2. The summed E-state index contributed by atoms with van der Waals surface area (Å²) in [6, 6.07) is 0.0260. The fourth-order valence-corrected chi connectivity index (χ4v) is 2.49. The molecule has 2 bridgehead atoms. The number of aliphatic hydroxyl groups is 1. The van der Waals surface area contributed by atoms with Crippen LogP contribution in [0.5, 0.6) is 6.01 Å². The van der Waals surface area contributed by atoms with E-state index >= 15 is 0 Å². The summed E-state index contributed by atoms with van der Waals surface area (Å²) >= 11 is 0. The second kappa shape index (κ2) is 6.38. The first kappa shape index (κ1) is 17.2. The molecular formula is C14H12F3N3O5. The van der Waals surface area contributed by atoms with Crippen LogP contribution in [-0.4, -0.2) is 52.1 Å². The first-order valence-electron chi connectivity index (χ1n) is 7.19. The molecule has 1 fully saturated rings. The molecule has 0 spiro atoms. The molecule has 3 atom stereocenters. The topological polar surface area (TPSA) is 103 Å².